The molecule has 2 unspecified atom stereocenters. The van der Waals surface area contributed by atoms with Crippen molar-refractivity contribution in [3.05, 3.63) is 35.9 Å². The number of hydrogen-bond donors (Lipinski definition) is 3. The maximum absolute atomic E-state index is 10.8. The molecule has 0 aliphatic rings. The van der Waals surface area contributed by atoms with Gasteiger partial charge in [-0.05, 0) is 12.5 Å². The maximum atomic E-state index is 10.8. The van der Waals surface area contributed by atoms with Crippen LogP contribution in [-0.4, -0.2) is 28.3 Å². The standard InChI is InChI=1S/C11H15NO3/c1-7(13)9(10(12)11(14)15)8-5-3-2-4-6-8/h2-7,9-10,13H,12H2,1H3,(H,14,15)/t7-,9?,10?/m0/s1. The van der Waals surface area contributed by atoms with Crippen LogP contribution in [0.1, 0.15) is 18.4 Å². The molecule has 82 valence electrons. The van der Waals surface area contributed by atoms with E-state index in [0.717, 1.165) is 5.56 Å². The number of aliphatic carboxylic acids is 1. The van der Waals surface area contributed by atoms with Gasteiger partial charge >= 0.3 is 5.97 Å². The Hall–Kier alpha value is -1.39. The number of aliphatic hydroxyl groups excluding tert-OH is 1. The van der Waals surface area contributed by atoms with Crippen molar-refractivity contribution in [2.45, 2.75) is 25.0 Å². The smallest absolute Gasteiger partial charge is 0.321 e. The highest BCUT2D eigenvalue weighted by Gasteiger charge is 2.29. The number of carboxylic acids is 1. The Labute approximate surface area is 88.3 Å². The van der Waals surface area contributed by atoms with Crippen LogP contribution < -0.4 is 5.73 Å². The van der Waals surface area contributed by atoms with Gasteiger partial charge in [0.15, 0.2) is 0 Å². The van der Waals surface area contributed by atoms with E-state index >= 15 is 0 Å². The summed E-state index contributed by atoms with van der Waals surface area (Å²) in [6.45, 7) is 1.54. The first-order chi connectivity index (χ1) is 7.04. The molecule has 0 spiro atoms. The van der Waals surface area contributed by atoms with Gasteiger partial charge in [-0.3, -0.25) is 4.79 Å². The van der Waals surface area contributed by atoms with Crippen LogP contribution in [0.2, 0.25) is 0 Å². The minimum Gasteiger partial charge on any atom is -0.480 e. The molecule has 0 amide bonds. The Kier molecular flexibility index (Phi) is 3.82. The normalized spacial score (nSPS) is 16.7. The zero-order valence-corrected chi connectivity index (χ0v) is 8.50. The van der Waals surface area contributed by atoms with Crippen molar-refractivity contribution < 1.29 is 15.0 Å². The fourth-order valence-electron chi connectivity index (χ4n) is 1.61. The first-order valence-corrected chi connectivity index (χ1v) is 4.75. The van der Waals surface area contributed by atoms with Crippen LogP contribution in [0.4, 0.5) is 0 Å². The lowest BCUT2D eigenvalue weighted by Gasteiger charge is -2.23. The summed E-state index contributed by atoms with van der Waals surface area (Å²) in [6, 6.07) is 7.85. The van der Waals surface area contributed by atoms with Gasteiger partial charge in [0.05, 0.1) is 6.10 Å². The third-order valence-electron chi connectivity index (χ3n) is 2.38. The minimum atomic E-state index is -1.11. The molecule has 0 bridgehead atoms. The van der Waals surface area contributed by atoms with Crippen molar-refractivity contribution in [2.75, 3.05) is 0 Å². The minimum absolute atomic E-state index is 0.580. The average Bonchev–Trinajstić information content (AvgIpc) is 2.18. The Bertz CT molecular complexity index is 324. The van der Waals surface area contributed by atoms with E-state index in [1.54, 1.807) is 31.2 Å². The number of benzene rings is 1. The Morgan fingerprint density at radius 1 is 1.33 bits per heavy atom. The fourth-order valence-corrected chi connectivity index (χ4v) is 1.61. The molecule has 4 nitrogen and oxygen atoms in total. The Balaban J connectivity index is 2.99. The molecule has 1 rings (SSSR count). The van der Waals surface area contributed by atoms with Gasteiger partial charge in [-0.1, -0.05) is 30.3 Å². The molecule has 4 heteroatoms. The van der Waals surface area contributed by atoms with Crippen LogP contribution in [0.25, 0.3) is 0 Å². The summed E-state index contributed by atoms with van der Waals surface area (Å²) in [5.74, 6) is -1.69. The molecule has 0 aromatic heterocycles. The summed E-state index contributed by atoms with van der Waals surface area (Å²) in [5, 5.41) is 18.4. The molecule has 1 aromatic rings. The molecule has 1 aromatic carbocycles. The monoisotopic (exact) mass is 209 g/mol. The summed E-state index contributed by atoms with van der Waals surface area (Å²) in [6.07, 6.45) is -0.793. The van der Waals surface area contributed by atoms with E-state index in [0.29, 0.717) is 0 Å². The molecular weight excluding hydrogens is 194 g/mol. The second-order valence-corrected chi connectivity index (χ2v) is 3.54. The third kappa shape index (κ3) is 2.78. The maximum Gasteiger partial charge on any atom is 0.321 e. The molecule has 3 atom stereocenters. The zero-order chi connectivity index (χ0) is 11.4. The fraction of sp³-hybridized carbons (Fsp3) is 0.364. The van der Waals surface area contributed by atoms with Crippen molar-refractivity contribution in [2.24, 2.45) is 5.73 Å². The number of hydrogen-bond acceptors (Lipinski definition) is 3. The van der Waals surface area contributed by atoms with Gasteiger partial charge in [-0.25, -0.2) is 0 Å². The average molecular weight is 209 g/mol. The first-order valence-electron chi connectivity index (χ1n) is 4.75. The summed E-state index contributed by atoms with van der Waals surface area (Å²) in [7, 11) is 0. The highest BCUT2D eigenvalue weighted by molar-refractivity contribution is 5.74. The molecule has 0 fully saturated rings. The van der Waals surface area contributed by atoms with Crippen LogP contribution in [0, 0.1) is 0 Å². The van der Waals surface area contributed by atoms with Gasteiger partial charge in [-0.15, -0.1) is 0 Å². The highest BCUT2D eigenvalue weighted by Crippen LogP contribution is 2.22. The lowest BCUT2D eigenvalue weighted by Crippen LogP contribution is -2.41. The van der Waals surface area contributed by atoms with Crippen LogP contribution in [0.3, 0.4) is 0 Å². The van der Waals surface area contributed by atoms with Crippen LogP contribution in [0.15, 0.2) is 30.3 Å². The van der Waals surface area contributed by atoms with E-state index in [9.17, 15) is 9.90 Å². The third-order valence-corrected chi connectivity index (χ3v) is 2.38. The highest BCUT2D eigenvalue weighted by atomic mass is 16.4. The molecule has 0 heterocycles. The van der Waals surface area contributed by atoms with Crippen molar-refractivity contribution in [1.29, 1.82) is 0 Å². The predicted octanol–water partition coefficient (Wildman–Crippen LogP) is 0.563. The molecule has 0 aliphatic carbocycles. The molecular formula is C11H15NO3. The molecule has 0 saturated heterocycles. The second-order valence-electron chi connectivity index (χ2n) is 3.54. The van der Waals surface area contributed by atoms with Crippen molar-refractivity contribution in [3.8, 4) is 0 Å². The topological polar surface area (TPSA) is 83.5 Å². The van der Waals surface area contributed by atoms with Gasteiger partial charge in [0.25, 0.3) is 0 Å². The molecule has 15 heavy (non-hydrogen) atoms. The lowest BCUT2D eigenvalue weighted by atomic mass is 9.88. The van der Waals surface area contributed by atoms with Gasteiger partial charge in [-0.2, -0.15) is 0 Å². The number of carbonyl (C=O) groups is 1. The SMILES string of the molecule is C[C@H](O)C(c1ccccc1)C(N)C(=O)O. The quantitative estimate of drug-likeness (QED) is 0.676. The van der Waals surface area contributed by atoms with Gasteiger partial charge in [0.2, 0.25) is 0 Å². The number of carboxylic acid groups (broad SMARTS) is 1. The van der Waals surface area contributed by atoms with E-state index in [4.69, 9.17) is 10.8 Å². The largest absolute Gasteiger partial charge is 0.480 e. The van der Waals surface area contributed by atoms with E-state index in [1.165, 1.54) is 0 Å². The number of nitrogens with two attached hydrogens (primary N) is 1. The van der Waals surface area contributed by atoms with Crippen molar-refractivity contribution >= 4 is 5.97 Å². The van der Waals surface area contributed by atoms with E-state index in [1.807, 2.05) is 6.07 Å². The predicted molar refractivity (Wildman–Crippen MR) is 56.5 cm³/mol. The summed E-state index contributed by atoms with van der Waals surface area (Å²) in [5.41, 5.74) is 6.27. The Morgan fingerprint density at radius 2 is 1.87 bits per heavy atom. The number of aliphatic hydroxyl groups is 1. The first kappa shape index (κ1) is 11.7. The zero-order valence-electron chi connectivity index (χ0n) is 8.50. The van der Waals surface area contributed by atoms with Crippen molar-refractivity contribution in [1.82, 2.24) is 0 Å². The summed E-state index contributed by atoms with van der Waals surface area (Å²) in [4.78, 5) is 10.8. The van der Waals surface area contributed by atoms with Crippen LogP contribution >= 0.6 is 0 Å². The second kappa shape index (κ2) is 4.91. The molecule has 4 N–H and O–H groups in total. The van der Waals surface area contributed by atoms with Gasteiger partial charge < -0.3 is 15.9 Å². The van der Waals surface area contributed by atoms with Crippen LogP contribution in [0.5, 0.6) is 0 Å². The van der Waals surface area contributed by atoms with E-state index < -0.39 is 24.0 Å². The molecule has 0 aliphatic heterocycles. The Morgan fingerprint density at radius 3 is 2.27 bits per heavy atom. The lowest BCUT2D eigenvalue weighted by molar-refractivity contribution is -0.139. The van der Waals surface area contributed by atoms with Gasteiger partial charge in [0, 0.05) is 5.92 Å². The van der Waals surface area contributed by atoms with Crippen LogP contribution in [-0.2, 0) is 4.79 Å². The van der Waals surface area contributed by atoms with E-state index in [-0.39, 0.29) is 0 Å². The van der Waals surface area contributed by atoms with E-state index in [2.05, 4.69) is 0 Å². The molecule has 0 radical (unpaired) electrons. The molecule has 0 saturated carbocycles. The number of rotatable bonds is 4. The summed E-state index contributed by atoms with van der Waals surface area (Å²) >= 11 is 0. The van der Waals surface area contributed by atoms with Crippen molar-refractivity contribution in [3.63, 3.8) is 0 Å². The summed E-state index contributed by atoms with van der Waals surface area (Å²) < 4.78 is 0. The van der Waals surface area contributed by atoms with Gasteiger partial charge in [0.1, 0.15) is 6.04 Å².